The van der Waals surface area contributed by atoms with Crippen molar-refractivity contribution in [3.8, 4) is 0 Å². The topological polar surface area (TPSA) is 67.2 Å². The number of rotatable bonds is 5. The Morgan fingerprint density at radius 3 is 2.80 bits per heavy atom. The molecule has 2 aromatic rings. The van der Waals surface area contributed by atoms with Crippen LogP contribution in [0.15, 0.2) is 58.9 Å². The first-order valence-corrected chi connectivity index (χ1v) is 8.26. The smallest absolute Gasteiger partial charge is 0.265 e. The lowest BCUT2D eigenvalue weighted by Crippen LogP contribution is -2.29. The molecule has 25 heavy (non-hydrogen) atoms. The Kier molecular flexibility index (Phi) is 5.40. The maximum atomic E-state index is 12.7. The molecule has 1 aliphatic rings. The standard InChI is InChI=1S/C18H17ClN4O2/c1-2-25-17-16(12-21-11-13-4-3-9-20-10-13)18(24)23(22-17)15-7-5-14(19)6-8-15/h3-10,12,16H,2,11H2,1H3/t16-/m0/s1. The molecule has 1 aromatic heterocycles. The van der Waals surface area contributed by atoms with Crippen LogP contribution in [0.1, 0.15) is 12.5 Å². The summed E-state index contributed by atoms with van der Waals surface area (Å²) in [6.45, 7) is 2.72. The van der Waals surface area contributed by atoms with Crippen molar-refractivity contribution < 1.29 is 9.53 Å². The lowest BCUT2D eigenvalue weighted by atomic mass is 10.1. The van der Waals surface area contributed by atoms with E-state index in [1.165, 1.54) is 5.01 Å². The Balaban J connectivity index is 1.77. The number of hydrogen-bond acceptors (Lipinski definition) is 5. The van der Waals surface area contributed by atoms with Crippen LogP contribution < -0.4 is 5.01 Å². The summed E-state index contributed by atoms with van der Waals surface area (Å²) >= 11 is 5.90. The number of carbonyl (C=O) groups excluding carboxylic acids is 1. The molecule has 0 N–H and O–H groups in total. The van der Waals surface area contributed by atoms with E-state index in [2.05, 4.69) is 15.1 Å². The van der Waals surface area contributed by atoms with Gasteiger partial charge in [-0.15, -0.1) is 5.10 Å². The van der Waals surface area contributed by atoms with Gasteiger partial charge in [-0.05, 0) is 42.8 Å². The number of hydrogen-bond donors (Lipinski definition) is 0. The number of halogens is 1. The fraction of sp³-hybridized carbons (Fsp3) is 0.222. The molecule has 0 saturated carbocycles. The van der Waals surface area contributed by atoms with Gasteiger partial charge in [0.25, 0.3) is 5.91 Å². The second-order valence-electron chi connectivity index (χ2n) is 5.33. The van der Waals surface area contributed by atoms with Crippen LogP contribution in [0.2, 0.25) is 5.02 Å². The Morgan fingerprint density at radius 1 is 1.32 bits per heavy atom. The Labute approximate surface area is 150 Å². The molecule has 0 aliphatic carbocycles. The van der Waals surface area contributed by atoms with E-state index in [1.807, 2.05) is 19.1 Å². The summed E-state index contributed by atoms with van der Waals surface area (Å²) in [5, 5.41) is 6.22. The molecule has 0 unspecified atom stereocenters. The molecule has 7 heteroatoms. The molecule has 1 aromatic carbocycles. The number of carbonyl (C=O) groups is 1. The van der Waals surface area contributed by atoms with Gasteiger partial charge in [0, 0.05) is 23.6 Å². The van der Waals surface area contributed by atoms with Crippen molar-refractivity contribution in [1.29, 1.82) is 0 Å². The summed E-state index contributed by atoms with van der Waals surface area (Å²) in [6, 6.07) is 10.7. The third kappa shape index (κ3) is 4.03. The summed E-state index contributed by atoms with van der Waals surface area (Å²) in [5.74, 6) is -0.495. The highest BCUT2D eigenvalue weighted by Gasteiger charge is 2.37. The van der Waals surface area contributed by atoms with Crippen LogP contribution in [0, 0.1) is 5.92 Å². The second kappa shape index (κ2) is 7.90. The molecule has 0 spiro atoms. The number of anilines is 1. The summed E-state index contributed by atoms with van der Waals surface area (Å²) in [7, 11) is 0. The van der Waals surface area contributed by atoms with E-state index in [0.29, 0.717) is 29.8 Å². The minimum absolute atomic E-state index is 0.208. The molecule has 0 saturated heterocycles. The lowest BCUT2D eigenvalue weighted by Gasteiger charge is -2.12. The first-order valence-electron chi connectivity index (χ1n) is 7.88. The van der Waals surface area contributed by atoms with Crippen molar-refractivity contribution >= 4 is 35.3 Å². The highest BCUT2D eigenvalue weighted by Crippen LogP contribution is 2.25. The van der Waals surface area contributed by atoms with Crippen LogP contribution in [0.4, 0.5) is 5.69 Å². The van der Waals surface area contributed by atoms with Crippen LogP contribution in [-0.4, -0.2) is 29.6 Å². The fourth-order valence-electron chi connectivity index (χ4n) is 2.36. The second-order valence-corrected chi connectivity index (χ2v) is 5.76. The largest absolute Gasteiger partial charge is 0.479 e. The van der Waals surface area contributed by atoms with Crippen molar-refractivity contribution in [2.24, 2.45) is 16.0 Å². The van der Waals surface area contributed by atoms with Gasteiger partial charge in [0.05, 0.1) is 18.8 Å². The summed E-state index contributed by atoms with van der Waals surface area (Å²) < 4.78 is 5.52. The third-order valence-corrected chi connectivity index (χ3v) is 3.81. The van der Waals surface area contributed by atoms with Crippen LogP contribution in [0.25, 0.3) is 0 Å². The van der Waals surface area contributed by atoms with Gasteiger partial charge in [0.15, 0.2) is 5.92 Å². The van der Waals surface area contributed by atoms with Gasteiger partial charge < -0.3 is 4.74 Å². The number of aromatic nitrogens is 1. The number of nitrogens with zero attached hydrogens (tertiary/aromatic N) is 4. The first-order chi connectivity index (χ1) is 12.2. The SMILES string of the molecule is CCOC1=NN(c2ccc(Cl)cc2)C(=O)[C@H]1C=NCc1cccnc1. The van der Waals surface area contributed by atoms with Crippen LogP contribution in [0.5, 0.6) is 0 Å². The summed E-state index contributed by atoms with van der Waals surface area (Å²) in [4.78, 5) is 21.1. The summed E-state index contributed by atoms with van der Waals surface area (Å²) in [6.07, 6.45) is 5.03. The lowest BCUT2D eigenvalue weighted by molar-refractivity contribution is -0.118. The van der Waals surface area contributed by atoms with Gasteiger partial charge in [-0.2, -0.15) is 5.01 Å². The quantitative estimate of drug-likeness (QED) is 0.772. The van der Waals surface area contributed by atoms with Crippen molar-refractivity contribution in [2.75, 3.05) is 11.6 Å². The zero-order valence-corrected chi connectivity index (χ0v) is 14.4. The van der Waals surface area contributed by atoms with Crippen molar-refractivity contribution in [3.05, 3.63) is 59.4 Å². The average molecular weight is 357 g/mol. The number of ether oxygens (including phenoxy) is 1. The monoisotopic (exact) mass is 356 g/mol. The minimum atomic E-state index is -0.632. The molecule has 6 nitrogen and oxygen atoms in total. The molecule has 1 amide bonds. The minimum Gasteiger partial charge on any atom is -0.479 e. The Morgan fingerprint density at radius 2 is 2.12 bits per heavy atom. The van der Waals surface area contributed by atoms with Crippen molar-refractivity contribution in [2.45, 2.75) is 13.5 Å². The number of pyridine rings is 1. The number of amides is 1. The van der Waals surface area contributed by atoms with Crippen LogP contribution >= 0.6 is 11.6 Å². The van der Waals surface area contributed by atoms with E-state index < -0.39 is 5.92 Å². The zero-order valence-electron chi connectivity index (χ0n) is 13.7. The maximum Gasteiger partial charge on any atom is 0.265 e. The highest BCUT2D eigenvalue weighted by molar-refractivity contribution is 6.30. The Hall–Kier alpha value is -2.73. The molecule has 1 aliphatic heterocycles. The molecule has 0 fully saturated rings. The summed E-state index contributed by atoms with van der Waals surface area (Å²) in [5.41, 5.74) is 1.60. The number of benzene rings is 1. The van der Waals surface area contributed by atoms with E-state index in [1.54, 1.807) is 42.9 Å². The van der Waals surface area contributed by atoms with Gasteiger partial charge >= 0.3 is 0 Å². The molecule has 0 radical (unpaired) electrons. The van der Waals surface area contributed by atoms with E-state index in [9.17, 15) is 4.79 Å². The molecule has 128 valence electrons. The van der Waals surface area contributed by atoms with E-state index in [-0.39, 0.29) is 5.91 Å². The molecule has 1 atom stereocenters. The molecule has 0 bridgehead atoms. The normalized spacial score (nSPS) is 17.2. The average Bonchev–Trinajstić information content (AvgIpc) is 2.93. The Bertz CT molecular complexity index is 790. The number of aliphatic imine (C=N–C) groups is 1. The molecular formula is C18H17ClN4O2. The predicted octanol–water partition coefficient (Wildman–Crippen LogP) is 3.32. The number of hydrazone groups is 1. The maximum absolute atomic E-state index is 12.7. The fourth-order valence-corrected chi connectivity index (χ4v) is 2.49. The van der Waals surface area contributed by atoms with Gasteiger partial charge in [0.2, 0.25) is 5.90 Å². The highest BCUT2D eigenvalue weighted by atomic mass is 35.5. The van der Waals surface area contributed by atoms with E-state index in [0.717, 1.165) is 5.56 Å². The van der Waals surface area contributed by atoms with Gasteiger partial charge in [-0.1, -0.05) is 17.7 Å². The molecule has 2 heterocycles. The van der Waals surface area contributed by atoms with Gasteiger partial charge in [0.1, 0.15) is 0 Å². The third-order valence-electron chi connectivity index (χ3n) is 3.55. The van der Waals surface area contributed by atoms with Gasteiger partial charge in [-0.3, -0.25) is 14.8 Å². The van der Waals surface area contributed by atoms with Crippen LogP contribution in [0.3, 0.4) is 0 Å². The van der Waals surface area contributed by atoms with Gasteiger partial charge in [-0.25, -0.2) is 0 Å². The van der Waals surface area contributed by atoms with E-state index in [4.69, 9.17) is 16.3 Å². The molecule has 3 rings (SSSR count). The molecular weight excluding hydrogens is 340 g/mol. The van der Waals surface area contributed by atoms with Crippen molar-refractivity contribution in [3.63, 3.8) is 0 Å². The van der Waals surface area contributed by atoms with Crippen molar-refractivity contribution in [1.82, 2.24) is 4.98 Å². The van der Waals surface area contributed by atoms with E-state index >= 15 is 0 Å². The van der Waals surface area contributed by atoms with Crippen LogP contribution in [-0.2, 0) is 16.1 Å². The first kappa shape index (κ1) is 17.1. The zero-order chi connectivity index (χ0) is 17.6. The predicted molar refractivity (Wildman–Crippen MR) is 97.9 cm³/mol.